The van der Waals surface area contributed by atoms with Crippen LogP contribution >= 0.6 is 11.3 Å². The van der Waals surface area contributed by atoms with E-state index >= 15 is 0 Å². The third-order valence-corrected chi connectivity index (χ3v) is 9.10. The molecule has 0 saturated carbocycles. The van der Waals surface area contributed by atoms with Gasteiger partial charge in [-0.2, -0.15) is 0 Å². The molecular weight excluding hydrogens is 542 g/mol. The van der Waals surface area contributed by atoms with Crippen LogP contribution in [0.25, 0.3) is 20.5 Å². The highest BCUT2D eigenvalue weighted by Gasteiger charge is 2.23. The fraction of sp³-hybridized carbons (Fsp3) is 0.250. The zero-order valence-electron chi connectivity index (χ0n) is 23.8. The molecule has 4 aromatic carbocycles. The Hall–Kier alpha value is -3.97. The maximum absolute atomic E-state index is 14.3. The largest absolute Gasteiger partial charge is 0.496 e. The van der Waals surface area contributed by atoms with Crippen LogP contribution in [0, 0.1) is 0 Å². The van der Waals surface area contributed by atoms with Crippen molar-refractivity contribution in [3.05, 3.63) is 119 Å². The van der Waals surface area contributed by atoms with Crippen molar-refractivity contribution in [3.63, 3.8) is 0 Å². The molecule has 0 unspecified atom stereocenters. The fourth-order valence-corrected chi connectivity index (χ4v) is 6.86. The summed E-state index contributed by atoms with van der Waals surface area (Å²) in [5.74, 6) is 1.49. The van der Waals surface area contributed by atoms with Gasteiger partial charge in [0, 0.05) is 44.8 Å². The molecule has 0 radical (unpaired) electrons. The lowest BCUT2D eigenvalue weighted by Crippen LogP contribution is -2.19. The summed E-state index contributed by atoms with van der Waals surface area (Å²) in [4.78, 5) is 17.6. The number of carbonyl (C=O) groups excluding carboxylic acids is 1. The Labute approximate surface area is 251 Å². The summed E-state index contributed by atoms with van der Waals surface area (Å²) in [7, 11) is 1.67. The zero-order chi connectivity index (χ0) is 28.9. The summed E-state index contributed by atoms with van der Waals surface area (Å²) in [6.07, 6.45) is 3.06. The van der Waals surface area contributed by atoms with Gasteiger partial charge in [-0.3, -0.25) is 9.69 Å². The number of rotatable bonds is 11. The van der Waals surface area contributed by atoms with Gasteiger partial charge in [0.2, 0.25) is 0 Å². The molecule has 1 aromatic heterocycles. The second kappa shape index (κ2) is 12.9. The minimum Gasteiger partial charge on any atom is -0.496 e. The Balaban J connectivity index is 1.37. The second-order valence-electron chi connectivity index (χ2n) is 10.7. The normalized spacial score (nSPS) is 13.5. The second-order valence-corrected chi connectivity index (χ2v) is 11.8. The number of hydrogen-bond acceptors (Lipinski definition) is 6. The predicted octanol–water partition coefficient (Wildman–Crippen LogP) is 7.52. The SMILES string of the molecule is COc1cc(C(=O)c2c(-c3ccc(CCO)cc3)sc3cc(OCc4ccccc4)ccc23)ccc1CN1CCCC1. The Morgan fingerprint density at radius 2 is 1.69 bits per heavy atom. The zero-order valence-corrected chi connectivity index (χ0v) is 24.7. The molecule has 1 fully saturated rings. The maximum atomic E-state index is 14.3. The molecule has 1 N–H and O–H groups in total. The number of nitrogens with zero attached hydrogens (tertiary/aromatic N) is 1. The lowest BCUT2D eigenvalue weighted by molar-refractivity contribution is 0.104. The van der Waals surface area contributed by atoms with Crippen LogP contribution in [0.5, 0.6) is 11.5 Å². The van der Waals surface area contributed by atoms with Crippen LogP contribution in [-0.4, -0.2) is 42.6 Å². The Kier molecular flexibility index (Phi) is 8.65. The summed E-state index contributed by atoms with van der Waals surface area (Å²) in [6, 6.07) is 30.1. The first-order valence-corrected chi connectivity index (χ1v) is 15.3. The highest BCUT2D eigenvalue weighted by atomic mass is 32.1. The Morgan fingerprint density at radius 1 is 0.905 bits per heavy atom. The van der Waals surface area contributed by atoms with Crippen LogP contribution in [0.3, 0.4) is 0 Å². The number of methoxy groups -OCH3 is 1. The van der Waals surface area contributed by atoms with Crippen molar-refractivity contribution in [2.24, 2.45) is 0 Å². The fourth-order valence-electron chi connectivity index (χ4n) is 5.63. The van der Waals surface area contributed by atoms with Crippen molar-refractivity contribution in [2.45, 2.75) is 32.4 Å². The molecule has 2 heterocycles. The molecule has 1 saturated heterocycles. The van der Waals surface area contributed by atoms with Gasteiger partial charge in [0.15, 0.2) is 5.78 Å². The van der Waals surface area contributed by atoms with Crippen LogP contribution in [0.1, 0.15) is 45.5 Å². The molecular formula is C36H35NO4S. The predicted molar refractivity (Wildman–Crippen MR) is 170 cm³/mol. The Morgan fingerprint density at radius 3 is 2.43 bits per heavy atom. The number of benzene rings is 4. The van der Waals surface area contributed by atoms with Gasteiger partial charge >= 0.3 is 0 Å². The van der Waals surface area contributed by atoms with Crippen molar-refractivity contribution >= 4 is 27.2 Å². The van der Waals surface area contributed by atoms with E-state index in [0.29, 0.717) is 24.2 Å². The molecule has 6 rings (SSSR count). The van der Waals surface area contributed by atoms with E-state index < -0.39 is 0 Å². The minimum atomic E-state index is -0.0281. The van der Waals surface area contributed by atoms with Gasteiger partial charge in [-0.15, -0.1) is 11.3 Å². The van der Waals surface area contributed by atoms with E-state index in [1.54, 1.807) is 18.4 Å². The van der Waals surface area contributed by atoms with Gasteiger partial charge in [-0.25, -0.2) is 0 Å². The van der Waals surface area contributed by atoms with Crippen molar-refractivity contribution < 1.29 is 19.4 Å². The maximum Gasteiger partial charge on any atom is 0.195 e. The van der Waals surface area contributed by atoms with Crippen molar-refractivity contribution in [1.82, 2.24) is 4.90 Å². The smallest absolute Gasteiger partial charge is 0.195 e. The summed E-state index contributed by atoms with van der Waals surface area (Å²) in [6.45, 7) is 3.61. The summed E-state index contributed by atoms with van der Waals surface area (Å²) < 4.78 is 12.9. The average molecular weight is 578 g/mol. The van der Waals surface area contributed by atoms with Gasteiger partial charge in [-0.05, 0) is 73.3 Å². The molecule has 5 aromatic rings. The molecule has 0 amide bonds. The molecule has 0 aliphatic carbocycles. The van der Waals surface area contributed by atoms with Crippen LogP contribution in [-0.2, 0) is 19.6 Å². The van der Waals surface area contributed by atoms with E-state index in [9.17, 15) is 9.90 Å². The molecule has 0 bridgehead atoms. The molecule has 5 nitrogen and oxygen atoms in total. The number of ketones is 1. The third kappa shape index (κ3) is 6.12. The molecule has 1 aliphatic heterocycles. The number of fused-ring (bicyclic) bond motifs is 1. The number of likely N-dealkylation sites (tertiary alicyclic amines) is 1. The first-order chi connectivity index (χ1) is 20.6. The molecule has 0 atom stereocenters. The van der Waals surface area contributed by atoms with Gasteiger partial charge in [0.25, 0.3) is 0 Å². The Bertz CT molecular complexity index is 1670. The van der Waals surface area contributed by atoms with E-state index in [-0.39, 0.29) is 12.4 Å². The standard InChI is InChI=1S/C36H35NO4S/c1-40-32-21-28(13-14-29(32)23-37-18-5-6-19-37)35(39)34-31-16-15-30(41-24-26-7-3-2-4-8-26)22-33(31)42-36(34)27-11-9-25(10-12-27)17-20-38/h2-4,7-16,21-22,38H,5-6,17-20,23-24H2,1H3. The van der Waals surface area contributed by atoms with Crippen molar-refractivity contribution in [2.75, 3.05) is 26.8 Å². The number of thiophene rings is 1. The molecule has 6 heteroatoms. The number of ether oxygens (including phenoxy) is 2. The van der Waals surface area contributed by atoms with Crippen LogP contribution < -0.4 is 9.47 Å². The number of carbonyl (C=O) groups is 1. The van der Waals surface area contributed by atoms with Crippen molar-refractivity contribution in [1.29, 1.82) is 0 Å². The molecule has 214 valence electrons. The molecule has 42 heavy (non-hydrogen) atoms. The summed E-state index contributed by atoms with van der Waals surface area (Å²) in [5, 5.41) is 10.3. The molecule has 1 aliphatic rings. The van der Waals surface area contributed by atoms with E-state index in [2.05, 4.69) is 4.90 Å². The lowest BCUT2D eigenvalue weighted by Gasteiger charge is -2.17. The molecule has 0 spiro atoms. The average Bonchev–Trinajstić information content (AvgIpc) is 3.68. The lowest BCUT2D eigenvalue weighted by atomic mass is 9.96. The summed E-state index contributed by atoms with van der Waals surface area (Å²) >= 11 is 1.60. The van der Waals surface area contributed by atoms with Gasteiger partial charge < -0.3 is 14.6 Å². The monoisotopic (exact) mass is 577 g/mol. The van der Waals surface area contributed by atoms with E-state index in [0.717, 1.165) is 68.4 Å². The first-order valence-electron chi connectivity index (χ1n) is 14.5. The number of aliphatic hydroxyl groups is 1. The number of hydrogen-bond donors (Lipinski definition) is 1. The van der Waals surface area contributed by atoms with Gasteiger partial charge in [0.1, 0.15) is 18.1 Å². The quantitative estimate of drug-likeness (QED) is 0.165. The van der Waals surface area contributed by atoms with Crippen LogP contribution in [0.4, 0.5) is 0 Å². The van der Waals surface area contributed by atoms with Crippen molar-refractivity contribution in [3.8, 4) is 21.9 Å². The van der Waals surface area contributed by atoms with E-state index in [4.69, 9.17) is 9.47 Å². The highest BCUT2D eigenvalue weighted by Crippen LogP contribution is 2.42. The van der Waals surface area contributed by atoms with E-state index in [1.807, 2.05) is 91.0 Å². The minimum absolute atomic E-state index is 0.0281. The van der Waals surface area contributed by atoms with Gasteiger partial charge in [0.05, 0.1) is 7.11 Å². The van der Waals surface area contributed by atoms with Crippen LogP contribution in [0.15, 0.2) is 91.0 Å². The highest BCUT2D eigenvalue weighted by molar-refractivity contribution is 7.22. The summed E-state index contributed by atoms with van der Waals surface area (Å²) in [5.41, 5.74) is 5.54. The van der Waals surface area contributed by atoms with Gasteiger partial charge in [-0.1, -0.05) is 66.7 Å². The topological polar surface area (TPSA) is 59.0 Å². The van der Waals surface area contributed by atoms with Crippen LogP contribution in [0.2, 0.25) is 0 Å². The third-order valence-electron chi connectivity index (χ3n) is 7.90. The number of aliphatic hydroxyl groups excluding tert-OH is 1. The van der Waals surface area contributed by atoms with E-state index in [1.165, 1.54) is 12.8 Å². The first kappa shape index (κ1) is 28.2.